The third-order valence-corrected chi connectivity index (χ3v) is 3.73. The lowest BCUT2D eigenvalue weighted by molar-refractivity contribution is -0.144. The SMILES string of the molecule is COc1csc(C(=O)NC2(C(=O)O)CCOC2)c1. The average Bonchev–Trinajstić information content (AvgIpc) is 2.97. The number of thiophene rings is 1. The molecule has 1 unspecified atom stereocenters. The summed E-state index contributed by atoms with van der Waals surface area (Å²) in [5, 5.41) is 13.4. The normalized spacial score (nSPS) is 22.7. The van der Waals surface area contributed by atoms with Crippen molar-refractivity contribution in [1.82, 2.24) is 5.32 Å². The Morgan fingerprint density at radius 1 is 1.61 bits per heavy atom. The molecule has 0 aromatic carbocycles. The van der Waals surface area contributed by atoms with Crippen LogP contribution >= 0.6 is 11.3 Å². The first kappa shape index (κ1) is 12.8. The van der Waals surface area contributed by atoms with Gasteiger partial charge in [-0.25, -0.2) is 4.79 Å². The molecule has 2 heterocycles. The molecule has 1 saturated heterocycles. The van der Waals surface area contributed by atoms with Crippen molar-refractivity contribution >= 4 is 23.2 Å². The average molecular weight is 271 g/mol. The number of rotatable bonds is 4. The molecule has 2 N–H and O–H groups in total. The van der Waals surface area contributed by atoms with E-state index in [1.807, 2.05) is 0 Å². The van der Waals surface area contributed by atoms with Crippen LogP contribution in [0.1, 0.15) is 16.1 Å². The van der Waals surface area contributed by atoms with Crippen LogP contribution in [0.15, 0.2) is 11.4 Å². The summed E-state index contributed by atoms with van der Waals surface area (Å²) in [6.07, 6.45) is 0.274. The number of methoxy groups -OCH3 is 1. The third-order valence-electron chi connectivity index (χ3n) is 2.82. The van der Waals surface area contributed by atoms with Gasteiger partial charge in [0.1, 0.15) is 5.75 Å². The van der Waals surface area contributed by atoms with Crippen LogP contribution in [-0.2, 0) is 9.53 Å². The molecule has 18 heavy (non-hydrogen) atoms. The molecule has 1 atom stereocenters. The summed E-state index contributed by atoms with van der Waals surface area (Å²) in [6.45, 7) is 0.330. The molecule has 1 aliphatic heterocycles. The van der Waals surface area contributed by atoms with Crippen molar-refractivity contribution in [2.45, 2.75) is 12.0 Å². The van der Waals surface area contributed by atoms with Crippen molar-refractivity contribution in [2.75, 3.05) is 20.3 Å². The van der Waals surface area contributed by atoms with Crippen LogP contribution in [0.3, 0.4) is 0 Å². The van der Waals surface area contributed by atoms with E-state index in [2.05, 4.69) is 5.32 Å². The molecule has 1 fully saturated rings. The highest BCUT2D eigenvalue weighted by Gasteiger charge is 2.44. The minimum Gasteiger partial charge on any atom is -0.496 e. The number of carboxylic acids is 1. The van der Waals surface area contributed by atoms with Crippen LogP contribution in [0.25, 0.3) is 0 Å². The highest BCUT2D eigenvalue weighted by molar-refractivity contribution is 7.12. The smallest absolute Gasteiger partial charge is 0.331 e. The molecule has 98 valence electrons. The minimum atomic E-state index is -1.31. The summed E-state index contributed by atoms with van der Waals surface area (Å²) < 4.78 is 10.0. The zero-order chi connectivity index (χ0) is 13.2. The maximum atomic E-state index is 12.0. The second kappa shape index (κ2) is 4.95. The van der Waals surface area contributed by atoms with Gasteiger partial charge in [-0.3, -0.25) is 4.79 Å². The van der Waals surface area contributed by atoms with Gasteiger partial charge in [-0.15, -0.1) is 11.3 Å². The minimum absolute atomic E-state index is 0.00339. The van der Waals surface area contributed by atoms with Gasteiger partial charge in [-0.2, -0.15) is 0 Å². The number of ether oxygens (including phenoxy) is 2. The lowest BCUT2D eigenvalue weighted by atomic mass is 9.99. The fourth-order valence-corrected chi connectivity index (χ4v) is 2.46. The van der Waals surface area contributed by atoms with Crippen molar-refractivity contribution in [3.8, 4) is 5.75 Å². The molecular weight excluding hydrogens is 258 g/mol. The summed E-state index contributed by atoms with van der Waals surface area (Å²) in [5.41, 5.74) is -1.31. The Kier molecular flexibility index (Phi) is 3.53. The molecule has 0 bridgehead atoms. The van der Waals surface area contributed by atoms with E-state index in [0.717, 1.165) is 0 Å². The summed E-state index contributed by atoms with van der Waals surface area (Å²) in [6, 6.07) is 1.57. The number of hydrogen-bond donors (Lipinski definition) is 2. The van der Waals surface area contributed by atoms with Gasteiger partial charge in [-0.05, 0) is 0 Å². The van der Waals surface area contributed by atoms with E-state index < -0.39 is 17.4 Å². The van der Waals surface area contributed by atoms with Crippen LogP contribution in [0, 0.1) is 0 Å². The molecule has 1 aromatic rings. The Morgan fingerprint density at radius 3 is 2.89 bits per heavy atom. The fourth-order valence-electron chi connectivity index (χ4n) is 1.71. The van der Waals surface area contributed by atoms with Crippen molar-refractivity contribution in [3.05, 3.63) is 16.3 Å². The molecule has 7 heteroatoms. The van der Waals surface area contributed by atoms with E-state index in [1.165, 1.54) is 18.4 Å². The highest BCUT2D eigenvalue weighted by Crippen LogP contribution is 2.24. The summed E-state index contributed by atoms with van der Waals surface area (Å²) >= 11 is 1.21. The van der Waals surface area contributed by atoms with Crippen LogP contribution in [0.5, 0.6) is 5.75 Å². The first-order valence-electron chi connectivity index (χ1n) is 5.33. The number of nitrogens with one attached hydrogen (secondary N) is 1. The Hall–Kier alpha value is -1.60. The van der Waals surface area contributed by atoms with Crippen LogP contribution < -0.4 is 10.1 Å². The van der Waals surface area contributed by atoms with E-state index in [0.29, 0.717) is 17.2 Å². The van der Waals surface area contributed by atoms with Gasteiger partial charge in [0.15, 0.2) is 5.54 Å². The Balaban J connectivity index is 2.12. The molecule has 2 rings (SSSR count). The van der Waals surface area contributed by atoms with E-state index in [9.17, 15) is 14.7 Å². The van der Waals surface area contributed by atoms with E-state index in [1.54, 1.807) is 11.4 Å². The number of carbonyl (C=O) groups is 2. The zero-order valence-electron chi connectivity index (χ0n) is 9.76. The summed E-state index contributed by atoms with van der Waals surface area (Å²) in [5.74, 6) is -0.912. The number of aliphatic carboxylic acids is 1. The van der Waals surface area contributed by atoms with E-state index in [-0.39, 0.29) is 13.0 Å². The van der Waals surface area contributed by atoms with Crippen LogP contribution in [-0.4, -0.2) is 42.8 Å². The lowest BCUT2D eigenvalue weighted by Gasteiger charge is -2.23. The number of carbonyl (C=O) groups excluding carboxylic acids is 1. The van der Waals surface area contributed by atoms with E-state index >= 15 is 0 Å². The Labute approximate surface area is 108 Å². The molecule has 1 aliphatic rings. The monoisotopic (exact) mass is 271 g/mol. The van der Waals surface area contributed by atoms with Crippen molar-refractivity contribution in [3.63, 3.8) is 0 Å². The van der Waals surface area contributed by atoms with Gasteiger partial charge in [0.05, 0.1) is 18.6 Å². The molecule has 1 aromatic heterocycles. The fraction of sp³-hybridized carbons (Fsp3) is 0.455. The number of amides is 1. The van der Waals surface area contributed by atoms with Crippen molar-refractivity contribution in [2.24, 2.45) is 0 Å². The molecule has 0 aliphatic carbocycles. The first-order valence-corrected chi connectivity index (χ1v) is 6.21. The van der Waals surface area contributed by atoms with Gasteiger partial charge >= 0.3 is 5.97 Å². The van der Waals surface area contributed by atoms with Crippen LogP contribution in [0.4, 0.5) is 0 Å². The highest BCUT2D eigenvalue weighted by atomic mass is 32.1. The second-order valence-corrected chi connectivity index (χ2v) is 4.91. The van der Waals surface area contributed by atoms with Gasteiger partial charge in [-0.1, -0.05) is 0 Å². The van der Waals surface area contributed by atoms with E-state index in [4.69, 9.17) is 9.47 Å². The molecule has 6 nitrogen and oxygen atoms in total. The Bertz CT molecular complexity index is 464. The standard InChI is InChI=1S/C11H13NO5S/c1-16-7-4-8(18-5-7)9(13)12-11(10(14)15)2-3-17-6-11/h4-5H,2-3,6H2,1H3,(H,12,13)(H,14,15). The zero-order valence-corrected chi connectivity index (χ0v) is 10.6. The molecule has 0 saturated carbocycles. The third kappa shape index (κ3) is 2.32. The number of carboxylic acid groups (broad SMARTS) is 1. The second-order valence-electron chi connectivity index (χ2n) is 3.99. The summed E-state index contributed by atoms with van der Waals surface area (Å²) in [7, 11) is 1.51. The molecular formula is C11H13NO5S. The van der Waals surface area contributed by atoms with Gasteiger partial charge < -0.3 is 19.9 Å². The summed E-state index contributed by atoms with van der Waals surface area (Å²) in [4.78, 5) is 23.6. The first-order chi connectivity index (χ1) is 8.57. The molecule has 0 radical (unpaired) electrons. The van der Waals surface area contributed by atoms with Gasteiger partial charge in [0.2, 0.25) is 0 Å². The van der Waals surface area contributed by atoms with Crippen LogP contribution in [0.2, 0.25) is 0 Å². The van der Waals surface area contributed by atoms with Gasteiger partial charge in [0, 0.05) is 24.5 Å². The van der Waals surface area contributed by atoms with Crippen molar-refractivity contribution in [1.29, 1.82) is 0 Å². The Morgan fingerprint density at radius 2 is 2.39 bits per heavy atom. The topological polar surface area (TPSA) is 84.9 Å². The number of hydrogen-bond acceptors (Lipinski definition) is 5. The lowest BCUT2D eigenvalue weighted by Crippen LogP contribution is -2.55. The van der Waals surface area contributed by atoms with Gasteiger partial charge in [0.25, 0.3) is 5.91 Å². The maximum Gasteiger partial charge on any atom is 0.331 e. The molecule has 0 spiro atoms. The maximum absolute atomic E-state index is 12.0. The predicted octanol–water partition coefficient (Wildman–Crippen LogP) is 0.730. The van der Waals surface area contributed by atoms with Crippen molar-refractivity contribution < 1.29 is 24.2 Å². The largest absolute Gasteiger partial charge is 0.496 e. The molecule has 1 amide bonds. The quantitative estimate of drug-likeness (QED) is 0.843. The predicted molar refractivity (Wildman–Crippen MR) is 64.1 cm³/mol.